The maximum absolute atomic E-state index is 13.4. The van der Waals surface area contributed by atoms with Gasteiger partial charge in [0.2, 0.25) is 0 Å². The van der Waals surface area contributed by atoms with Gasteiger partial charge in [0.25, 0.3) is 11.5 Å². The van der Waals surface area contributed by atoms with E-state index < -0.39 is 0 Å². The fourth-order valence-electron chi connectivity index (χ4n) is 3.79. The molecule has 0 bridgehead atoms. The van der Waals surface area contributed by atoms with E-state index in [2.05, 4.69) is 24.3 Å². The SMILES string of the molecule is CCCCCn1nc(C(=O)N(CCC)C2CCNC2)c2ccccc2c1=O.Cl. The highest BCUT2D eigenvalue weighted by molar-refractivity contribution is 6.04. The third-order valence-electron chi connectivity index (χ3n) is 5.24. The quantitative estimate of drug-likeness (QED) is 0.683. The molecule has 0 aliphatic carbocycles. The summed E-state index contributed by atoms with van der Waals surface area (Å²) < 4.78 is 1.49. The molecule has 2 aromatic rings. The highest BCUT2D eigenvalue weighted by Gasteiger charge is 2.29. The van der Waals surface area contributed by atoms with Crippen LogP contribution in [0.3, 0.4) is 0 Å². The van der Waals surface area contributed by atoms with Crippen LogP contribution in [0.4, 0.5) is 0 Å². The molecule has 28 heavy (non-hydrogen) atoms. The van der Waals surface area contributed by atoms with Crippen molar-refractivity contribution in [3.05, 3.63) is 40.3 Å². The van der Waals surface area contributed by atoms with Crippen LogP contribution in [-0.4, -0.2) is 46.3 Å². The number of amides is 1. The predicted molar refractivity (Wildman–Crippen MR) is 115 cm³/mol. The maximum atomic E-state index is 13.4. The predicted octanol–water partition coefficient (Wildman–Crippen LogP) is 3.22. The number of aromatic nitrogens is 2. The van der Waals surface area contributed by atoms with Crippen molar-refractivity contribution in [1.82, 2.24) is 20.0 Å². The number of hydrogen-bond donors (Lipinski definition) is 1. The number of fused-ring (bicyclic) bond motifs is 1. The zero-order chi connectivity index (χ0) is 19.2. The van der Waals surface area contributed by atoms with E-state index in [4.69, 9.17) is 0 Å². The standard InChI is InChI=1S/C21H30N4O2.ClH/c1-3-5-8-14-25-20(26)18-10-7-6-9-17(18)19(23-25)21(27)24(13-4-2)16-11-12-22-15-16;/h6-7,9-10,16,22H,3-5,8,11-15H2,1-2H3;1H. The fraction of sp³-hybridized carbons (Fsp3) is 0.571. The Morgan fingerprint density at radius 1 is 1.21 bits per heavy atom. The van der Waals surface area contributed by atoms with E-state index in [1.165, 1.54) is 4.68 Å². The van der Waals surface area contributed by atoms with Gasteiger partial charge in [-0.2, -0.15) is 5.10 Å². The van der Waals surface area contributed by atoms with E-state index in [0.29, 0.717) is 29.6 Å². The molecular formula is C21H31ClN4O2. The van der Waals surface area contributed by atoms with Crippen LogP contribution in [0.15, 0.2) is 29.1 Å². The number of benzene rings is 1. The summed E-state index contributed by atoms with van der Waals surface area (Å²) in [7, 11) is 0. The molecule has 1 amide bonds. The minimum absolute atomic E-state index is 0. The van der Waals surface area contributed by atoms with Gasteiger partial charge in [-0.15, -0.1) is 12.4 Å². The first-order valence-corrected chi connectivity index (χ1v) is 10.2. The third kappa shape index (κ3) is 4.73. The van der Waals surface area contributed by atoms with Crippen molar-refractivity contribution >= 4 is 29.1 Å². The van der Waals surface area contributed by atoms with Gasteiger partial charge in [-0.25, -0.2) is 4.68 Å². The summed E-state index contributed by atoms with van der Waals surface area (Å²) in [5.74, 6) is -0.0639. The first-order valence-electron chi connectivity index (χ1n) is 10.2. The Morgan fingerprint density at radius 3 is 2.61 bits per heavy atom. The Kier molecular flexibility index (Phi) is 8.45. The Hall–Kier alpha value is -1.92. The van der Waals surface area contributed by atoms with E-state index in [1.54, 1.807) is 6.07 Å². The summed E-state index contributed by atoms with van der Waals surface area (Å²) in [5, 5.41) is 9.12. The molecular weight excluding hydrogens is 376 g/mol. The molecule has 1 unspecified atom stereocenters. The summed E-state index contributed by atoms with van der Waals surface area (Å²) in [6, 6.07) is 7.54. The van der Waals surface area contributed by atoms with E-state index in [9.17, 15) is 9.59 Å². The summed E-state index contributed by atoms with van der Waals surface area (Å²) >= 11 is 0. The molecule has 0 radical (unpaired) electrons. The van der Waals surface area contributed by atoms with Crippen LogP contribution in [0.2, 0.25) is 0 Å². The molecule has 1 fully saturated rings. The van der Waals surface area contributed by atoms with Crippen molar-refractivity contribution in [1.29, 1.82) is 0 Å². The molecule has 0 spiro atoms. The van der Waals surface area contributed by atoms with Gasteiger partial charge in [-0.3, -0.25) is 9.59 Å². The minimum Gasteiger partial charge on any atom is -0.333 e. The van der Waals surface area contributed by atoms with Crippen LogP contribution in [-0.2, 0) is 6.54 Å². The molecule has 1 aliphatic heterocycles. The number of nitrogens with zero attached hydrogens (tertiary/aromatic N) is 3. The number of hydrogen-bond acceptors (Lipinski definition) is 4. The van der Waals surface area contributed by atoms with Gasteiger partial charge in [0, 0.05) is 31.1 Å². The zero-order valence-corrected chi connectivity index (χ0v) is 17.6. The molecule has 2 heterocycles. The number of aryl methyl sites for hydroxylation is 1. The van der Waals surface area contributed by atoms with Gasteiger partial charge in [0.15, 0.2) is 5.69 Å². The second-order valence-electron chi connectivity index (χ2n) is 7.27. The Bertz CT molecular complexity index is 846. The number of rotatable bonds is 8. The van der Waals surface area contributed by atoms with Gasteiger partial charge in [0.05, 0.1) is 5.39 Å². The van der Waals surface area contributed by atoms with Crippen molar-refractivity contribution in [2.75, 3.05) is 19.6 Å². The Balaban J connectivity index is 0.00000280. The summed E-state index contributed by atoms with van der Waals surface area (Å²) in [5.41, 5.74) is 0.296. The smallest absolute Gasteiger partial charge is 0.275 e. The van der Waals surface area contributed by atoms with Crippen molar-refractivity contribution in [3.8, 4) is 0 Å². The highest BCUT2D eigenvalue weighted by atomic mass is 35.5. The molecule has 1 saturated heterocycles. The van der Waals surface area contributed by atoms with Gasteiger partial charge in [0.1, 0.15) is 0 Å². The van der Waals surface area contributed by atoms with E-state index in [0.717, 1.165) is 45.2 Å². The van der Waals surface area contributed by atoms with Crippen LogP contribution in [0, 0.1) is 0 Å². The lowest BCUT2D eigenvalue weighted by molar-refractivity contribution is 0.0685. The number of nitrogens with one attached hydrogen (secondary N) is 1. The average Bonchev–Trinajstić information content (AvgIpc) is 3.22. The first-order chi connectivity index (χ1) is 13.2. The van der Waals surface area contributed by atoms with Crippen LogP contribution < -0.4 is 10.9 Å². The molecule has 6 nitrogen and oxygen atoms in total. The molecule has 1 aromatic carbocycles. The number of carbonyl (C=O) groups excluding carboxylic acids is 1. The normalized spacial score (nSPS) is 16.1. The lowest BCUT2D eigenvalue weighted by Crippen LogP contribution is -2.43. The van der Waals surface area contributed by atoms with E-state index >= 15 is 0 Å². The van der Waals surface area contributed by atoms with Crippen molar-refractivity contribution in [2.45, 2.75) is 58.5 Å². The largest absolute Gasteiger partial charge is 0.333 e. The molecule has 0 saturated carbocycles. The number of halogens is 1. The molecule has 1 aromatic heterocycles. The number of carbonyl (C=O) groups is 1. The Morgan fingerprint density at radius 2 is 1.96 bits per heavy atom. The molecule has 154 valence electrons. The van der Waals surface area contributed by atoms with E-state index in [-0.39, 0.29) is 29.9 Å². The second-order valence-corrected chi connectivity index (χ2v) is 7.27. The molecule has 3 rings (SSSR count). The monoisotopic (exact) mass is 406 g/mol. The van der Waals surface area contributed by atoms with Crippen LogP contribution >= 0.6 is 12.4 Å². The van der Waals surface area contributed by atoms with Gasteiger partial charge < -0.3 is 10.2 Å². The molecule has 1 atom stereocenters. The van der Waals surface area contributed by atoms with Crippen LogP contribution in [0.25, 0.3) is 10.8 Å². The van der Waals surface area contributed by atoms with E-state index in [1.807, 2.05) is 23.1 Å². The molecule has 1 aliphatic rings. The topological polar surface area (TPSA) is 67.2 Å². The first kappa shape index (κ1) is 22.4. The van der Waals surface area contributed by atoms with Crippen molar-refractivity contribution in [3.63, 3.8) is 0 Å². The number of unbranched alkanes of at least 4 members (excludes halogenated alkanes) is 2. The highest BCUT2D eigenvalue weighted by Crippen LogP contribution is 2.19. The molecule has 1 N–H and O–H groups in total. The average molecular weight is 407 g/mol. The third-order valence-corrected chi connectivity index (χ3v) is 5.24. The van der Waals surface area contributed by atoms with Gasteiger partial charge in [-0.1, -0.05) is 44.9 Å². The Labute approximate surface area is 172 Å². The second kappa shape index (κ2) is 10.6. The van der Waals surface area contributed by atoms with Crippen LogP contribution in [0.5, 0.6) is 0 Å². The lowest BCUT2D eigenvalue weighted by atomic mass is 10.1. The summed E-state index contributed by atoms with van der Waals surface area (Å²) in [4.78, 5) is 28.2. The van der Waals surface area contributed by atoms with Gasteiger partial charge in [-0.05, 0) is 31.9 Å². The zero-order valence-electron chi connectivity index (χ0n) is 16.8. The summed E-state index contributed by atoms with van der Waals surface area (Å²) in [6.45, 7) is 7.22. The van der Waals surface area contributed by atoms with Gasteiger partial charge >= 0.3 is 0 Å². The maximum Gasteiger partial charge on any atom is 0.275 e. The van der Waals surface area contributed by atoms with Crippen molar-refractivity contribution < 1.29 is 4.79 Å². The fourth-order valence-corrected chi connectivity index (χ4v) is 3.79. The minimum atomic E-state index is -0.108. The molecule has 7 heteroatoms. The lowest BCUT2D eigenvalue weighted by Gasteiger charge is -2.28. The van der Waals surface area contributed by atoms with Crippen molar-refractivity contribution in [2.24, 2.45) is 0 Å². The van der Waals surface area contributed by atoms with Crippen LogP contribution in [0.1, 0.15) is 56.4 Å². The summed E-state index contributed by atoms with van der Waals surface area (Å²) in [6.07, 6.45) is 4.86.